The number of para-hydroxylation sites is 2. The fraction of sp³-hybridized carbons (Fsp3) is 0.250. The van der Waals surface area contributed by atoms with Crippen molar-refractivity contribution in [3.05, 3.63) is 78.0 Å². The fourth-order valence-electron chi connectivity index (χ4n) is 2.89. The van der Waals surface area contributed by atoms with E-state index in [9.17, 15) is 4.79 Å². The highest BCUT2D eigenvalue weighted by molar-refractivity contribution is 5.73. The highest BCUT2D eigenvalue weighted by atomic mass is 16.5. The number of pyridine rings is 1. The highest BCUT2D eigenvalue weighted by Crippen LogP contribution is 2.30. The first-order valence-corrected chi connectivity index (χ1v) is 10.1. The second-order valence-corrected chi connectivity index (χ2v) is 6.85. The van der Waals surface area contributed by atoms with Crippen LogP contribution in [0.1, 0.15) is 18.1 Å². The average molecular weight is 421 g/mol. The lowest BCUT2D eigenvalue weighted by Crippen LogP contribution is -2.36. The molecular weight excluding hydrogens is 394 g/mol. The van der Waals surface area contributed by atoms with E-state index in [1.807, 2.05) is 61.5 Å². The van der Waals surface area contributed by atoms with Crippen LogP contribution in [0.5, 0.6) is 23.1 Å². The third-order valence-electron chi connectivity index (χ3n) is 4.53. The second-order valence-electron chi connectivity index (χ2n) is 6.85. The predicted molar refractivity (Wildman–Crippen MR) is 119 cm³/mol. The Hall–Kier alpha value is -3.74. The number of carbonyl (C=O) groups excluding carboxylic acids is 1. The Morgan fingerprint density at radius 3 is 2.35 bits per heavy atom. The van der Waals surface area contributed by atoms with Gasteiger partial charge in [0.2, 0.25) is 5.88 Å². The van der Waals surface area contributed by atoms with Crippen molar-refractivity contribution in [3.8, 4) is 23.1 Å². The van der Waals surface area contributed by atoms with Crippen molar-refractivity contribution in [2.24, 2.45) is 0 Å². The van der Waals surface area contributed by atoms with Crippen LogP contribution in [0.15, 0.2) is 66.9 Å². The molecule has 0 atom stereocenters. The molecule has 1 aromatic heterocycles. The van der Waals surface area contributed by atoms with E-state index in [4.69, 9.17) is 14.2 Å². The molecule has 0 aliphatic carbocycles. The molecule has 1 heterocycles. The number of amides is 2. The molecule has 0 unspecified atom stereocenters. The van der Waals surface area contributed by atoms with E-state index < -0.39 is 0 Å². The maximum absolute atomic E-state index is 12.4. The summed E-state index contributed by atoms with van der Waals surface area (Å²) in [5.41, 5.74) is 1.89. The molecule has 2 amide bonds. The molecule has 0 radical (unpaired) electrons. The van der Waals surface area contributed by atoms with Gasteiger partial charge in [-0.1, -0.05) is 30.3 Å². The van der Waals surface area contributed by atoms with Gasteiger partial charge in [0.25, 0.3) is 0 Å². The number of hydrogen-bond acceptors (Lipinski definition) is 5. The number of nitrogens with one attached hydrogen (secondary N) is 1. The van der Waals surface area contributed by atoms with Crippen molar-refractivity contribution < 1.29 is 19.0 Å². The molecule has 0 spiro atoms. The zero-order valence-corrected chi connectivity index (χ0v) is 18.0. The molecular formula is C24H27N3O4. The van der Waals surface area contributed by atoms with Gasteiger partial charge in [-0.2, -0.15) is 0 Å². The summed E-state index contributed by atoms with van der Waals surface area (Å²) in [6, 6.07) is 18.6. The Morgan fingerprint density at radius 2 is 1.71 bits per heavy atom. The van der Waals surface area contributed by atoms with Crippen LogP contribution in [-0.2, 0) is 13.1 Å². The molecule has 0 saturated carbocycles. The van der Waals surface area contributed by atoms with Crippen LogP contribution in [0.4, 0.5) is 4.79 Å². The summed E-state index contributed by atoms with van der Waals surface area (Å²) in [7, 11) is 3.38. The van der Waals surface area contributed by atoms with E-state index >= 15 is 0 Å². The second kappa shape index (κ2) is 10.9. The quantitative estimate of drug-likeness (QED) is 0.546. The minimum Gasteiger partial charge on any atom is -0.497 e. The molecule has 162 valence electrons. The molecule has 2 aromatic carbocycles. The summed E-state index contributed by atoms with van der Waals surface area (Å²) < 4.78 is 16.5. The molecule has 0 aliphatic heterocycles. The van der Waals surface area contributed by atoms with Gasteiger partial charge >= 0.3 is 6.03 Å². The Balaban J connectivity index is 1.51. The van der Waals surface area contributed by atoms with Crippen molar-refractivity contribution >= 4 is 6.03 Å². The number of carbonyl (C=O) groups is 1. The predicted octanol–water partition coefficient (Wildman–Crippen LogP) is 4.62. The van der Waals surface area contributed by atoms with Gasteiger partial charge < -0.3 is 24.4 Å². The molecule has 0 aliphatic rings. The van der Waals surface area contributed by atoms with Crippen LogP contribution in [-0.4, -0.2) is 36.7 Å². The van der Waals surface area contributed by atoms with Gasteiger partial charge in [-0.3, -0.25) is 0 Å². The van der Waals surface area contributed by atoms with Gasteiger partial charge in [0.05, 0.1) is 13.7 Å². The Kier molecular flexibility index (Phi) is 7.70. The van der Waals surface area contributed by atoms with Crippen molar-refractivity contribution in [2.45, 2.75) is 20.0 Å². The van der Waals surface area contributed by atoms with Gasteiger partial charge in [0.15, 0.2) is 11.5 Å². The van der Waals surface area contributed by atoms with E-state index in [2.05, 4.69) is 10.3 Å². The Morgan fingerprint density at radius 1 is 1.00 bits per heavy atom. The molecule has 7 heteroatoms. The van der Waals surface area contributed by atoms with Crippen molar-refractivity contribution in [1.29, 1.82) is 0 Å². The highest BCUT2D eigenvalue weighted by Gasteiger charge is 2.10. The number of aromatic nitrogens is 1. The lowest BCUT2D eigenvalue weighted by Gasteiger charge is -2.18. The first-order chi connectivity index (χ1) is 15.1. The summed E-state index contributed by atoms with van der Waals surface area (Å²) in [6.07, 6.45) is 1.68. The summed E-state index contributed by atoms with van der Waals surface area (Å²) in [6.45, 7) is 3.35. The van der Waals surface area contributed by atoms with Gasteiger partial charge in [0, 0.05) is 32.4 Å². The van der Waals surface area contributed by atoms with Crippen LogP contribution in [0, 0.1) is 0 Å². The van der Waals surface area contributed by atoms with Crippen LogP contribution in [0.2, 0.25) is 0 Å². The minimum atomic E-state index is -0.165. The third kappa shape index (κ3) is 6.37. The fourth-order valence-corrected chi connectivity index (χ4v) is 2.89. The topological polar surface area (TPSA) is 72.9 Å². The number of rotatable bonds is 9. The van der Waals surface area contributed by atoms with Gasteiger partial charge in [0.1, 0.15) is 5.75 Å². The number of benzene rings is 2. The van der Waals surface area contributed by atoms with Crippen molar-refractivity contribution in [2.75, 3.05) is 20.8 Å². The molecule has 0 bridgehead atoms. The maximum Gasteiger partial charge on any atom is 0.317 e. The summed E-state index contributed by atoms with van der Waals surface area (Å²) >= 11 is 0. The lowest BCUT2D eigenvalue weighted by molar-refractivity contribution is 0.206. The first kappa shape index (κ1) is 22.0. The van der Waals surface area contributed by atoms with Crippen molar-refractivity contribution in [1.82, 2.24) is 15.2 Å². The molecule has 3 aromatic rings. The van der Waals surface area contributed by atoms with Crippen LogP contribution in [0.3, 0.4) is 0 Å². The molecule has 1 N–H and O–H groups in total. The van der Waals surface area contributed by atoms with E-state index in [-0.39, 0.29) is 6.03 Å². The SMILES string of the molecule is CCOc1ccccc1Oc1ccc(CNC(=O)N(C)Cc2ccc(OC)cc2)cn1. The van der Waals surface area contributed by atoms with Crippen LogP contribution < -0.4 is 19.5 Å². The summed E-state index contributed by atoms with van der Waals surface area (Å²) in [5.74, 6) is 2.53. The minimum absolute atomic E-state index is 0.165. The summed E-state index contributed by atoms with van der Waals surface area (Å²) in [5, 5.41) is 2.90. The van der Waals surface area contributed by atoms with Crippen LogP contribution >= 0.6 is 0 Å². The number of nitrogens with zero attached hydrogens (tertiary/aromatic N) is 2. The number of methoxy groups -OCH3 is 1. The molecule has 7 nitrogen and oxygen atoms in total. The largest absolute Gasteiger partial charge is 0.497 e. The molecule has 0 saturated heterocycles. The van der Waals surface area contributed by atoms with Gasteiger partial charge in [-0.25, -0.2) is 9.78 Å². The number of ether oxygens (including phenoxy) is 3. The average Bonchev–Trinajstić information content (AvgIpc) is 2.80. The van der Waals surface area contributed by atoms with Gasteiger partial charge in [-0.15, -0.1) is 0 Å². The smallest absolute Gasteiger partial charge is 0.317 e. The maximum atomic E-state index is 12.4. The standard InChI is InChI=1S/C24H27N3O4/c1-4-30-21-7-5-6-8-22(21)31-23-14-11-19(15-25-23)16-26-24(28)27(2)17-18-9-12-20(29-3)13-10-18/h5-15H,4,16-17H2,1-3H3,(H,26,28). The monoisotopic (exact) mass is 421 g/mol. The van der Waals surface area contributed by atoms with E-state index in [0.717, 1.165) is 16.9 Å². The normalized spacial score (nSPS) is 10.3. The van der Waals surface area contributed by atoms with Crippen molar-refractivity contribution in [3.63, 3.8) is 0 Å². The third-order valence-corrected chi connectivity index (χ3v) is 4.53. The van der Waals surface area contributed by atoms with E-state index in [1.54, 1.807) is 31.3 Å². The van der Waals surface area contributed by atoms with E-state index in [1.165, 1.54) is 0 Å². The lowest BCUT2D eigenvalue weighted by atomic mass is 10.2. The van der Waals surface area contributed by atoms with Gasteiger partial charge in [-0.05, 0) is 42.3 Å². The zero-order chi connectivity index (χ0) is 22.1. The van der Waals surface area contributed by atoms with E-state index in [0.29, 0.717) is 37.1 Å². The molecule has 3 rings (SSSR count). The van der Waals surface area contributed by atoms with Crippen LogP contribution in [0.25, 0.3) is 0 Å². The zero-order valence-electron chi connectivity index (χ0n) is 18.0. The Bertz CT molecular complexity index is 975. The number of urea groups is 1. The number of hydrogen-bond donors (Lipinski definition) is 1. The first-order valence-electron chi connectivity index (χ1n) is 10.1. The molecule has 31 heavy (non-hydrogen) atoms. The Labute approximate surface area is 182 Å². The molecule has 0 fully saturated rings. The summed E-state index contributed by atoms with van der Waals surface area (Å²) in [4.78, 5) is 18.3.